The minimum absolute atomic E-state index is 0. The minimum Gasteiger partial charge on any atom is -0.484 e. The summed E-state index contributed by atoms with van der Waals surface area (Å²) in [6, 6.07) is 14.4. The fourth-order valence-corrected chi connectivity index (χ4v) is 3.14. The fourth-order valence-electron chi connectivity index (χ4n) is 2.33. The van der Waals surface area contributed by atoms with Crippen molar-refractivity contribution in [2.75, 3.05) is 13.6 Å². The lowest BCUT2D eigenvalue weighted by Gasteiger charge is -2.20. The average Bonchev–Trinajstić information content (AvgIpc) is 3.01. The predicted octanol–water partition coefficient (Wildman–Crippen LogP) is 4.45. The summed E-state index contributed by atoms with van der Waals surface area (Å²) in [4.78, 5) is 4.36. The smallest absolute Gasteiger partial charge is 0.141 e. The normalized spacial score (nSPS) is 11.9. The monoisotopic (exact) mass is 334 g/mol. The molecule has 22 heavy (non-hydrogen) atoms. The molecule has 0 aliphatic rings. The van der Waals surface area contributed by atoms with E-state index < -0.39 is 0 Å². The van der Waals surface area contributed by atoms with E-state index in [1.54, 1.807) is 11.3 Å². The zero-order chi connectivity index (χ0) is 14.5. The highest BCUT2D eigenvalue weighted by Crippen LogP contribution is 2.33. The first kappa shape index (κ1) is 16.7. The number of ether oxygens (including phenoxy) is 1. The maximum Gasteiger partial charge on any atom is 0.141 e. The molecule has 0 aliphatic carbocycles. The number of hydrogen-bond acceptors (Lipinski definition) is 4. The highest BCUT2D eigenvalue weighted by Gasteiger charge is 2.15. The van der Waals surface area contributed by atoms with Crippen LogP contribution in [0, 0.1) is 0 Å². The Bertz CT molecular complexity index is 702. The largest absolute Gasteiger partial charge is 0.484 e. The average molecular weight is 335 g/mol. The molecule has 0 aliphatic heterocycles. The summed E-state index contributed by atoms with van der Waals surface area (Å²) >= 11 is 1.67. The minimum atomic E-state index is 0. The molecule has 0 amide bonds. The standard InChI is InChI=1S/C17H18N2OS.ClH/c1-18-10-7-15(13-5-3-2-4-6-13)20-16-8-11-19-14-9-12-21-17(14)16;/h2-6,8-9,11-12,15,18H,7,10H2,1H3;1H/t15-;/m0./s1. The Hall–Kier alpha value is -1.62. The Morgan fingerprint density at radius 1 is 1.18 bits per heavy atom. The molecule has 1 aromatic carbocycles. The van der Waals surface area contributed by atoms with E-state index in [9.17, 15) is 0 Å². The molecule has 5 heteroatoms. The molecule has 0 bridgehead atoms. The summed E-state index contributed by atoms with van der Waals surface area (Å²) in [5, 5.41) is 5.25. The molecule has 3 aromatic rings. The van der Waals surface area contributed by atoms with Crippen molar-refractivity contribution in [3.63, 3.8) is 0 Å². The summed E-state index contributed by atoms with van der Waals surface area (Å²) < 4.78 is 7.42. The van der Waals surface area contributed by atoms with Gasteiger partial charge in [0.05, 0.1) is 10.2 Å². The lowest BCUT2D eigenvalue weighted by atomic mass is 10.1. The molecule has 2 aromatic heterocycles. The summed E-state index contributed by atoms with van der Waals surface area (Å²) in [5.74, 6) is 0.917. The Balaban J connectivity index is 0.00000176. The maximum absolute atomic E-state index is 6.30. The van der Waals surface area contributed by atoms with Gasteiger partial charge in [-0.1, -0.05) is 30.3 Å². The van der Waals surface area contributed by atoms with Gasteiger partial charge in [0, 0.05) is 18.7 Å². The van der Waals surface area contributed by atoms with Gasteiger partial charge in [-0.15, -0.1) is 23.7 Å². The van der Waals surface area contributed by atoms with E-state index in [2.05, 4.69) is 39.9 Å². The highest BCUT2D eigenvalue weighted by atomic mass is 35.5. The van der Waals surface area contributed by atoms with Crippen LogP contribution in [0.4, 0.5) is 0 Å². The highest BCUT2D eigenvalue weighted by molar-refractivity contribution is 7.17. The van der Waals surface area contributed by atoms with Crippen molar-refractivity contribution in [3.05, 3.63) is 59.6 Å². The van der Waals surface area contributed by atoms with Crippen LogP contribution in [-0.4, -0.2) is 18.6 Å². The molecule has 116 valence electrons. The second-order valence-corrected chi connectivity index (χ2v) is 5.77. The predicted molar refractivity (Wildman–Crippen MR) is 95.2 cm³/mol. The number of thiophene rings is 1. The van der Waals surface area contributed by atoms with Gasteiger partial charge in [-0.2, -0.15) is 0 Å². The van der Waals surface area contributed by atoms with Crippen LogP contribution < -0.4 is 10.1 Å². The Morgan fingerprint density at radius 3 is 2.77 bits per heavy atom. The van der Waals surface area contributed by atoms with Crippen LogP contribution in [0.3, 0.4) is 0 Å². The molecular weight excluding hydrogens is 316 g/mol. The van der Waals surface area contributed by atoms with Gasteiger partial charge in [-0.3, -0.25) is 4.98 Å². The zero-order valence-corrected chi connectivity index (χ0v) is 14.0. The van der Waals surface area contributed by atoms with Gasteiger partial charge in [-0.25, -0.2) is 0 Å². The molecule has 2 heterocycles. The number of nitrogens with one attached hydrogen (secondary N) is 1. The quantitative estimate of drug-likeness (QED) is 0.723. The van der Waals surface area contributed by atoms with E-state index in [0.717, 1.165) is 28.9 Å². The van der Waals surface area contributed by atoms with Crippen LogP contribution in [0.25, 0.3) is 10.2 Å². The molecule has 3 rings (SSSR count). The number of aromatic nitrogens is 1. The number of fused-ring (bicyclic) bond motifs is 1. The Morgan fingerprint density at radius 2 is 2.00 bits per heavy atom. The lowest BCUT2D eigenvalue weighted by molar-refractivity contribution is 0.198. The van der Waals surface area contributed by atoms with Crippen LogP contribution in [0.15, 0.2) is 54.0 Å². The summed E-state index contributed by atoms with van der Waals surface area (Å²) in [5.41, 5.74) is 2.20. The maximum atomic E-state index is 6.30. The van der Waals surface area contributed by atoms with Gasteiger partial charge >= 0.3 is 0 Å². The van der Waals surface area contributed by atoms with E-state index in [1.807, 2.05) is 31.4 Å². The number of pyridine rings is 1. The fraction of sp³-hybridized carbons (Fsp3) is 0.235. The number of nitrogens with zero attached hydrogens (tertiary/aromatic N) is 1. The number of rotatable bonds is 6. The van der Waals surface area contributed by atoms with Crippen LogP contribution in [0.5, 0.6) is 5.75 Å². The number of halogens is 1. The van der Waals surface area contributed by atoms with Gasteiger partial charge < -0.3 is 10.1 Å². The number of benzene rings is 1. The first-order chi connectivity index (χ1) is 10.4. The van der Waals surface area contributed by atoms with Crippen molar-refractivity contribution in [3.8, 4) is 5.75 Å². The summed E-state index contributed by atoms with van der Waals surface area (Å²) in [7, 11) is 1.96. The molecule has 1 atom stereocenters. The van der Waals surface area contributed by atoms with Gasteiger partial charge in [0.15, 0.2) is 0 Å². The van der Waals surface area contributed by atoms with Crippen molar-refractivity contribution >= 4 is 34.0 Å². The second kappa shape index (κ2) is 8.13. The molecular formula is C17H19ClN2OS. The molecule has 0 saturated carbocycles. The van der Waals surface area contributed by atoms with Gasteiger partial charge in [0.1, 0.15) is 11.9 Å². The van der Waals surface area contributed by atoms with Gasteiger partial charge in [-0.05, 0) is 30.6 Å². The van der Waals surface area contributed by atoms with Crippen molar-refractivity contribution in [2.45, 2.75) is 12.5 Å². The van der Waals surface area contributed by atoms with E-state index >= 15 is 0 Å². The van der Waals surface area contributed by atoms with Crippen molar-refractivity contribution in [1.29, 1.82) is 0 Å². The first-order valence-electron chi connectivity index (χ1n) is 7.07. The summed E-state index contributed by atoms with van der Waals surface area (Å²) in [6.45, 7) is 0.915. The second-order valence-electron chi connectivity index (χ2n) is 4.85. The topological polar surface area (TPSA) is 34.1 Å². The molecule has 0 unspecified atom stereocenters. The van der Waals surface area contributed by atoms with E-state index in [1.165, 1.54) is 5.56 Å². The molecule has 0 saturated heterocycles. The van der Waals surface area contributed by atoms with Crippen LogP contribution in [-0.2, 0) is 0 Å². The van der Waals surface area contributed by atoms with Crippen LogP contribution in [0.2, 0.25) is 0 Å². The van der Waals surface area contributed by atoms with Gasteiger partial charge in [0.25, 0.3) is 0 Å². The Labute approximate surface area is 140 Å². The third-order valence-corrected chi connectivity index (χ3v) is 4.32. The summed E-state index contributed by atoms with van der Waals surface area (Å²) in [6.07, 6.45) is 2.78. The molecule has 0 fully saturated rings. The SMILES string of the molecule is CNCC[C@H](Oc1ccnc2ccsc12)c1ccccc1.Cl. The first-order valence-corrected chi connectivity index (χ1v) is 7.95. The van der Waals surface area contributed by atoms with Crippen LogP contribution in [0.1, 0.15) is 18.1 Å². The van der Waals surface area contributed by atoms with E-state index in [4.69, 9.17) is 4.74 Å². The Kier molecular flexibility index (Phi) is 6.19. The lowest BCUT2D eigenvalue weighted by Crippen LogP contribution is -2.16. The van der Waals surface area contributed by atoms with E-state index in [-0.39, 0.29) is 18.5 Å². The molecule has 3 nitrogen and oxygen atoms in total. The third-order valence-electron chi connectivity index (χ3n) is 3.40. The van der Waals surface area contributed by atoms with E-state index in [0.29, 0.717) is 0 Å². The molecule has 0 spiro atoms. The molecule has 1 N–H and O–H groups in total. The zero-order valence-electron chi connectivity index (χ0n) is 12.4. The van der Waals surface area contributed by atoms with Crippen molar-refractivity contribution in [1.82, 2.24) is 10.3 Å². The van der Waals surface area contributed by atoms with Crippen LogP contribution >= 0.6 is 23.7 Å². The van der Waals surface area contributed by atoms with Gasteiger partial charge in [0.2, 0.25) is 0 Å². The van der Waals surface area contributed by atoms with Crippen molar-refractivity contribution in [2.24, 2.45) is 0 Å². The van der Waals surface area contributed by atoms with Crippen molar-refractivity contribution < 1.29 is 4.74 Å². The third kappa shape index (κ3) is 3.77. The molecule has 0 radical (unpaired) electrons. The number of hydrogen-bond donors (Lipinski definition) is 1.